The molecular weight excluding hydrogens is 336 g/mol. The minimum absolute atomic E-state index is 0.318. The van der Waals surface area contributed by atoms with Gasteiger partial charge in [0.2, 0.25) is 0 Å². The Balaban J connectivity index is 2.07. The molecule has 2 aromatic rings. The zero-order chi connectivity index (χ0) is 18.1. The van der Waals surface area contributed by atoms with Gasteiger partial charge in [0.1, 0.15) is 11.8 Å². The fraction of sp³-hybridized carbons (Fsp3) is 0.263. The van der Waals surface area contributed by atoms with Crippen molar-refractivity contribution in [1.82, 2.24) is 5.32 Å². The molecule has 25 heavy (non-hydrogen) atoms. The second kappa shape index (κ2) is 9.64. The van der Waals surface area contributed by atoms with Crippen molar-refractivity contribution in [3.05, 3.63) is 60.2 Å². The predicted molar refractivity (Wildman–Crippen MR) is 103 cm³/mol. The molecule has 132 valence electrons. The minimum Gasteiger partial charge on any atom is -0.495 e. The van der Waals surface area contributed by atoms with Crippen LogP contribution in [0.15, 0.2) is 54.6 Å². The number of para-hydroxylation sites is 2. The number of anilines is 1. The number of nitrogens with one attached hydrogen (secondary N) is 2. The highest BCUT2D eigenvalue weighted by Gasteiger charge is 2.21. The Kier molecular flexibility index (Phi) is 7.22. The van der Waals surface area contributed by atoms with Crippen LogP contribution in [0.1, 0.15) is 12.5 Å². The van der Waals surface area contributed by atoms with Crippen LogP contribution < -0.4 is 15.4 Å². The molecule has 2 rings (SSSR count). The molecule has 1 unspecified atom stereocenters. The molecule has 1 atom stereocenters. The highest BCUT2D eigenvalue weighted by molar-refractivity contribution is 7.80. The van der Waals surface area contributed by atoms with E-state index in [0.29, 0.717) is 23.9 Å². The lowest BCUT2D eigenvalue weighted by molar-refractivity contribution is -0.145. The van der Waals surface area contributed by atoms with E-state index in [-0.39, 0.29) is 5.97 Å². The van der Waals surface area contributed by atoms with E-state index in [1.807, 2.05) is 54.6 Å². The van der Waals surface area contributed by atoms with E-state index >= 15 is 0 Å². The molecule has 6 heteroatoms. The number of benzene rings is 2. The standard InChI is InChI=1S/C19H22N2O3S/c1-3-24-18(22)16(13-14-9-5-4-6-10-14)21-19(25)20-15-11-7-8-12-17(15)23-2/h4-12,16H,3,13H2,1-2H3,(H2,20,21,25). The second-order valence-electron chi connectivity index (χ2n) is 5.29. The van der Waals surface area contributed by atoms with Crippen LogP contribution in [0.5, 0.6) is 5.75 Å². The molecule has 0 aliphatic carbocycles. The van der Waals surface area contributed by atoms with Gasteiger partial charge in [-0.2, -0.15) is 0 Å². The van der Waals surface area contributed by atoms with E-state index in [1.54, 1.807) is 14.0 Å². The van der Waals surface area contributed by atoms with Gasteiger partial charge in [-0.25, -0.2) is 4.79 Å². The summed E-state index contributed by atoms with van der Waals surface area (Å²) in [5.74, 6) is 0.331. The van der Waals surface area contributed by atoms with Crippen LogP contribution in [0.25, 0.3) is 0 Å². The predicted octanol–water partition coefficient (Wildman–Crippen LogP) is 3.16. The fourth-order valence-corrected chi connectivity index (χ4v) is 2.60. The maximum Gasteiger partial charge on any atom is 0.328 e. The Morgan fingerprint density at radius 1 is 1.12 bits per heavy atom. The third kappa shape index (κ3) is 5.76. The van der Waals surface area contributed by atoms with Crippen LogP contribution in [0.4, 0.5) is 5.69 Å². The van der Waals surface area contributed by atoms with Gasteiger partial charge in [0.15, 0.2) is 5.11 Å². The normalized spacial score (nSPS) is 11.3. The van der Waals surface area contributed by atoms with Crippen LogP contribution in [-0.4, -0.2) is 30.8 Å². The van der Waals surface area contributed by atoms with Crippen molar-refractivity contribution in [2.75, 3.05) is 19.0 Å². The molecule has 0 saturated carbocycles. The Morgan fingerprint density at radius 2 is 1.80 bits per heavy atom. The van der Waals surface area contributed by atoms with E-state index in [2.05, 4.69) is 10.6 Å². The Bertz CT molecular complexity index is 707. The van der Waals surface area contributed by atoms with Crippen LogP contribution in [0, 0.1) is 0 Å². The summed E-state index contributed by atoms with van der Waals surface area (Å²) in [4.78, 5) is 12.3. The summed E-state index contributed by atoms with van der Waals surface area (Å²) in [7, 11) is 1.59. The molecule has 0 aromatic heterocycles. The summed E-state index contributed by atoms with van der Waals surface area (Å²) in [6.45, 7) is 2.10. The molecule has 2 aromatic carbocycles. The summed E-state index contributed by atoms with van der Waals surface area (Å²) in [5.41, 5.74) is 1.75. The van der Waals surface area contributed by atoms with E-state index in [9.17, 15) is 4.79 Å². The van der Waals surface area contributed by atoms with Gasteiger partial charge in [-0.05, 0) is 36.8 Å². The fourth-order valence-electron chi connectivity index (χ4n) is 2.35. The van der Waals surface area contributed by atoms with Crippen LogP contribution in [0.3, 0.4) is 0 Å². The Morgan fingerprint density at radius 3 is 2.48 bits per heavy atom. The third-order valence-electron chi connectivity index (χ3n) is 3.51. The lowest BCUT2D eigenvalue weighted by Gasteiger charge is -2.20. The first-order valence-electron chi connectivity index (χ1n) is 8.05. The van der Waals surface area contributed by atoms with Crippen molar-refractivity contribution in [1.29, 1.82) is 0 Å². The number of ether oxygens (including phenoxy) is 2. The molecular formula is C19H22N2O3S. The lowest BCUT2D eigenvalue weighted by atomic mass is 10.1. The number of hydrogen-bond donors (Lipinski definition) is 2. The number of carbonyl (C=O) groups is 1. The lowest BCUT2D eigenvalue weighted by Crippen LogP contribution is -2.45. The van der Waals surface area contributed by atoms with Crippen molar-refractivity contribution >= 4 is 29.0 Å². The van der Waals surface area contributed by atoms with Gasteiger partial charge in [-0.3, -0.25) is 0 Å². The van der Waals surface area contributed by atoms with E-state index in [1.165, 1.54) is 0 Å². The monoisotopic (exact) mass is 358 g/mol. The summed E-state index contributed by atoms with van der Waals surface area (Å²) in [6, 6.07) is 16.6. The smallest absolute Gasteiger partial charge is 0.328 e. The first-order chi connectivity index (χ1) is 12.1. The zero-order valence-corrected chi connectivity index (χ0v) is 15.1. The molecule has 0 fully saturated rings. The third-order valence-corrected chi connectivity index (χ3v) is 3.73. The highest BCUT2D eigenvalue weighted by Crippen LogP contribution is 2.22. The number of esters is 1. The number of rotatable bonds is 7. The maximum atomic E-state index is 12.3. The molecule has 2 N–H and O–H groups in total. The van der Waals surface area contributed by atoms with Crippen molar-refractivity contribution in [3.63, 3.8) is 0 Å². The minimum atomic E-state index is -0.572. The maximum absolute atomic E-state index is 12.3. The van der Waals surface area contributed by atoms with Gasteiger partial charge in [-0.1, -0.05) is 42.5 Å². The van der Waals surface area contributed by atoms with Gasteiger partial charge in [0, 0.05) is 6.42 Å². The molecule has 0 aliphatic heterocycles. The zero-order valence-electron chi connectivity index (χ0n) is 14.3. The number of methoxy groups -OCH3 is 1. The number of hydrogen-bond acceptors (Lipinski definition) is 4. The Hall–Kier alpha value is -2.60. The summed E-state index contributed by atoms with van der Waals surface area (Å²) >= 11 is 5.35. The van der Waals surface area contributed by atoms with Crippen LogP contribution in [-0.2, 0) is 16.0 Å². The van der Waals surface area contributed by atoms with Gasteiger partial charge < -0.3 is 20.1 Å². The van der Waals surface area contributed by atoms with Gasteiger partial charge in [0.05, 0.1) is 19.4 Å². The van der Waals surface area contributed by atoms with Crippen LogP contribution in [0.2, 0.25) is 0 Å². The quantitative estimate of drug-likeness (QED) is 0.586. The van der Waals surface area contributed by atoms with E-state index in [4.69, 9.17) is 21.7 Å². The number of thiocarbonyl (C=S) groups is 1. The van der Waals surface area contributed by atoms with Gasteiger partial charge >= 0.3 is 5.97 Å². The van der Waals surface area contributed by atoms with E-state index in [0.717, 1.165) is 11.3 Å². The summed E-state index contributed by atoms with van der Waals surface area (Å²) < 4.78 is 10.5. The highest BCUT2D eigenvalue weighted by atomic mass is 32.1. The molecule has 0 aliphatic rings. The second-order valence-corrected chi connectivity index (χ2v) is 5.70. The number of carbonyl (C=O) groups excluding carboxylic acids is 1. The van der Waals surface area contributed by atoms with E-state index < -0.39 is 6.04 Å². The average molecular weight is 358 g/mol. The van der Waals surface area contributed by atoms with Crippen molar-refractivity contribution in [2.24, 2.45) is 0 Å². The molecule has 0 saturated heterocycles. The van der Waals surface area contributed by atoms with Crippen molar-refractivity contribution < 1.29 is 14.3 Å². The van der Waals surface area contributed by atoms with Gasteiger partial charge in [-0.15, -0.1) is 0 Å². The molecule has 0 radical (unpaired) electrons. The van der Waals surface area contributed by atoms with Crippen molar-refractivity contribution in [3.8, 4) is 5.75 Å². The average Bonchev–Trinajstić information content (AvgIpc) is 2.62. The summed E-state index contributed by atoms with van der Waals surface area (Å²) in [6.07, 6.45) is 0.480. The summed E-state index contributed by atoms with van der Waals surface area (Å²) in [5, 5.41) is 6.43. The largest absolute Gasteiger partial charge is 0.495 e. The SMILES string of the molecule is CCOC(=O)C(Cc1ccccc1)NC(=S)Nc1ccccc1OC. The van der Waals surface area contributed by atoms with Crippen LogP contribution >= 0.6 is 12.2 Å². The molecule has 0 spiro atoms. The van der Waals surface area contributed by atoms with Gasteiger partial charge in [0.25, 0.3) is 0 Å². The molecule has 0 amide bonds. The van der Waals surface area contributed by atoms with Crippen molar-refractivity contribution in [2.45, 2.75) is 19.4 Å². The molecule has 5 nitrogen and oxygen atoms in total. The topological polar surface area (TPSA) is 59.6 Å². The first kappa shape index (κ1) is 18.7. The molecule has 0 heterocycles. The first-order valence-corrected chi connectivity index (χ1v) is 8.46. The Labute approximate surface area is 153 Å². The molecule has 0 bridgehead atoms.